The minimum Gasteiger partial charge on any atom is -0.370 e. The summed E-state index contributed by atoms with van der Waals surface area (Å²) < 4.78 is 0. The van der Waals surface area contributed by atoms with Crippen LogP contribution in [0.3, 0.4) is 0 Å². The van der Waals surface area contributed by atoms with Crippen LogP contribution in [0.2, 0.25) is 0 Å². The standard InChI is InChI=1S/C15H18N4O2S/c1-10-2-3-13(22-10)15(21)17-11-4-6-19(7-5-11)12-8-14(20)18-16-9-12/h2-3,8-9,11H,4-7H2,1H3,(H,17,21)(H,18,20). The lowest BCUT2D eigenvalue weighted by Crippen LogP contribution is -2.44. The van der Waals surface area contributed by atoms with Crippen molar-refractivity contribution in [3.8, 4) is 0 Å². The molecule has 1 fully saturated rings. The Morgan fingerprint density at radius 1 is 1.41 bits per heavy atom. The third kappa shape index (κ3) is 3.36. The van der Waals surface area contributed by atoms with Gasteiger partial charge in [-0.15, -0.1) is 11.3 Å². The normalized spacial score (nSPS) is 15.8. The number of rotatable bonds is 3. The molecule has 0 unspecified atom stereocenters. The van der Waals surface area contributed by atoms with Gasteiger partial charge in [0.2, 0.25) is 0 Å². The minimum atomic E-state index is -0.194. The topological polar surface area (TPSA) is 78.1 Å². The second-order valence-corrected chi connectivity index (χ2v) is 6.74. The lowest BCUT2D eigenvalue weighted by molar-refractivity contribution is 0.0935. The van der Waals surface area contributed by atoms with Crippen molar-refractivity contribution in [3.05, 3.63) is 44.5 Å². The predicted molar refractivity (Wildman–Crippen MR) is 86.6 cm³/mol. The van der Waals surface area contributed by atoms with Crippen molar-refractivity contribution in [3.63, 3.8) is 0 Å². The summed E-state index contributed by atoms with van der Waals surface area (Å²) in [5.41, 5.74) is 0.642. The van der Waals surface area contributed by atoms with Gasteiger partial charge in [0.25, 0.3) is 11.5 Å². The fourth-order valence-electron chi connectivity index (χ4n) is 2.63. The number of thiophene rings is 1. The number of aromatic amines is 1. The number of hydrogen-bond donors (Lipinski definition) is 2. The Morgan fingerprint density at radius 2 is 2.18 bits per heavy atom. The van der Waals surface area contributed by atoms with Crippen molar-refractivity contribution in [2.45, 2.75) is 25.8 Å². The molecule has 0 radical (unpaired) electrons. The molecule has 3 heterocycles. The van der Waals surface area contributed by atoms with Crippen LogP contribution < -0.4 is 15.8 Å². The fraction of sp³-hybridized carbons (Fsp3) is 0.400. The summed E-state index contributed by atoms with van der Waals surface area (Å²) in [6.45, 7) is 3.61. The first-order valence-electron chi connectivity index (χ1n) is 7.29. The molecule has 116 valence electrons. The predicted octanol–water partition coefficient (Wildman–Crippen LogP) is 1.54. The number of amides is 1. The molecule has 0 aromatic carbocycles. The lowest BCUT2D eigenvalue weighted by atomic mass is 10.0. The Labute approximate surface area is 132 Å². The molecule has 1 amide bonds. The van der Waals surface area contributed by atoms with E-state index in [0.717, 1.165) is 41.4 Å². The molecule has 3 rings (SSSR count). The van der Waals surface area contributed by atoms with Crippen LogP contribution in [0.5, 0.6) is 0 Å². The molecule has 2 aromatic rings. The van der Waals surface area contributed by atoms with E-state index >= 15 is 0 Å². The van der Waals surface area contributed by atoms with Crippen LogP contribution in [-0.2, 0) is 0 Å². The molecular formula is C15H18N4O2S. The van der Waals surface area contributed by atoms with Crippen molar-refractivity contribution in [1.82, 2.24) is 15.5 Å². The SMILES string of the molecule is Cc1ccc(C(=O)NC2CCN(c3cn[nH]c(=O)c3)CC2)s1. The molecule has 22 heavy (non-hydrogen) atoms. The van der Waals surface area contributed by atoms with E-state index in [4.69, 9.17) is 0 Å². The summed E-state index contributed by atoms with van der Waals surface area (Å²) in [5, 5.41) is 9.29. The average molecular weight is 318 g/mol. The molecule has 0 aliphatic carbocycles. The second-order valence-electron chi connectivity index (χ2n) is 5.45. The van der Waals surface area contributed by atoms with E-state index in [1.54, 1.807) is 12.3 Å². The quantitative estimate of drug-likeness (QED) is 0.900. The second kappa shape index (κ2) is 6.31. The highest BCUT2D eigenvalue weighted by atomic mass is 32.1. The number of piperidine rings is 1. The maximum Gasteiger partial charge on any atom is 0.266 e. The molecule has 0 spiro atoms. The van der Waals surface area contributed by atoms with Crippen LogP contribution in [0.15, 0.2) is 29.2 Å². The van der Waals surface area contributed by atoms with Crippen molar-refractivity contribution >= 4 is 22.9 Å². The first-order valence-corrected chi connectivity index (χ1v) is 8.10. The number of carbonyl (C=O) groups is 1. The summed E-state index contributed by atoms with van der Waals surface area (Å²) in [7, 11) is 0. The fourth-order valence-corrected chi connectivity index (χ4v) is 3.40. The van der Waals surface area contributed by atoms with Gasteiger partial charge in [-0.25, -0.2) is 5.10 Å². The molecule has 1 aliphatic rings. The van der Waals surface area contributed by atoms with Gasteiger partial charge < -0.3 is 10.2 Å². The molecule has 0 saturated carbocycles. The molecule has 0 bridgehead atoms. The molecule has 2 N–H and O–H groups in total. The number of anilines is 1. The van der Waals surface area contributed by atoms with E-state index in [9.17, 15) is 9.59 Å². The lowest BCUT2D eigenvalue weighted by Gasteiger charge is -2.33. The maximum atomic E-state index is 12.2. The van der Waals surface area contributed by atoms with Crippen molar-refractivity contribution in [1.29, 1.82) is 0 Å². The summed E-state index contributed by atoms with van der Waals surface area (Å²) in [5.74, 6) is 0.00868. The molecular weight excluding hydrogens is 300 g/mol. The summed E-state index contributed by atoms with van der Waals surface area (Å²) in [4.78, 5) is 27.5. The summed E-state index contributed by atoms with van der Waals surface area (Å²) in [6.07, 6.45) is 3.39. The van der Waals surface area contributed by atoms with E-state index < -0.39 is 0 Å². The van der Waals surface area contributed by atoms with Gasteiger partial charge in [0.05, 0.1) is 16.8 Å². The number of nitrogens with one attached hydrogen (secondary N) is 2. The van der Waals surface area contributed by atoms with Crippen molar-refractivity contribution in [2.24, 2.45) is 0 Å². The Morgan fingerprint density at radius 3 is 2.82 bits per heavy atom. The van der Waals surface area contributed by atoms with Crippen LogP contribution in [0, 0.1) is 6.92 Å². The van der Waals surface area contributed by atoms with Gasteiger partial charge in [0.15, 0.2) is 0 Å². The van der Waals surface area contributed by atoms with Gasteiger partial charge in [-0.2, -0.15) is 5.10 Å². The monoisotopic (exact) mass is 318 g/mol. The zero-order valence-corrected chi connectivity index (χ0v) is 13.2. The van der Waals surface area contributed by atoms with Gasteiger partial charge in [-0.3, -0.25) is 9.59 Å². The van der Waals surface area contributed by atoms with Gasteiger partial charge in [0.1, 0.15) is 0 Å². The Balaban J connectivity index is 1.55. The van der Waals surface area contributed by atoms with E-state index in [1.807, 2.05) is 19.1 Å². The minimum absolute atomic E-state index is 0.00868. The van der Waals surface area contributed by atoms with Crippen molar-refractivity contribution in [2.75, 3.05) is 18.0 Å². The average Bonchev–Trinajstić information content (AvgIpc) is 2.95. The van der Waals surface area contributed by atoms with Gasteiger partial charge in [-0.1, -0.05) is 0 Å². The van der Waals surface area contributed by atoms with E-state index in [1.165, 1.54) is 11.3 Å². The van der Waals surface area contributed by atoms with E-state index in [-0.39, 0.29) is 17.5 Å². The number of nitrogens with zero attached hydrogens (tertiary/aromatic N) is 2. The first-order chi connectivity index (χ1) is 10.6. The maximum absolute atomic E-state index is 12.2. The first kappa shape index (κ1) is 14.8. The van der Waals surface area contributed by atoms with E-state index in [0.29, 0.717) is 0 Å². The summed E-state index contributed by atoms with van der Waals surface area (Å²) in [6, 6.07) is 5.57. The highest BCUT2D eigenvalue weighted by molar-refractivity contribution is 7.13. The highest BCUT2D eigenvalue weighted by Crippen LogP contribution is 2.19. The molecule has 0 atom stereocenters. The van der Waals surface area contributed by atoms with E-state index in [2.05, 4.69) is 20.4 Å². The van der Waals surface area contributed by atoms with Crippen molar-refractivity contribution < 1.29 is 4.79 Å². The third-order valence-corrected chi connectivity index (χ3v) is 4.81. The largest absolute Gasteiger partial charge is 0.370 e. The number of aromatic nitrogens is 2. The van der Waals surface area contributed by atoms with Gasteiger partial charge >= 0.3 is 0 Å². The molecule has 6 nitrogen and oxygen atoms in total. The Kier molecular flexibility index (Phi) is 4.24. The Hall–Kier alpha value is -2.15. The third-order valence-electron chi connectivity index (χ3n) is 3.81. The summed E-state index contributed by atoms with van der Waals surface area (Å²) >= 11 is 1.51. The zero-order valence-electron chi connectivity index (χ0n) is 12.3. The number of hydrogen-bond acceptors (Lipinski definition) is 5. The number of carbonyl (C=O) groups excluding carboxylic acids is 1. The van der Waals surface area contributed by atoms with Crippen LogP contribution in [0.25, 0.3) is 0 Å². The smallest absolute Gasteiger partial charge is 0.266 e. The van der Waals surface area contributed by atoms with Gasteiger partial charge in [0, 0.05) is 30.1 Å². The Bertz CT molecular complexity index is 716. The highest BCUT2D eigenvalue weighted by Gasteiger charge is 2.22. The molecule has 1 aliphatic heterocycles. The van der Waals surface area contributed by atoms with Crippen LogP contribution >= 0.6 is 11.3 Å². The zero-order chi connectivity index (χ0) is 15.5. The van der Waals surface area contributed by atoms with Gasteiger partial charge in [-0.05, 0) is 31.9 Å². The van der Waals surface area contributed by atoms with Crippen LogP contribution in [0.4, 0.5) is 5.69 Å². The molecule has 1 saturated heterocycles. The van der Waals surface area contributed by atoms with Crippen LogP contribution in [0.1, 0.15) is 27.4 Å². The number of aryl methyl sites for hydroxylation is 1. The molecule has 7 heteroatoms. The van der Waals surface area contributed by atoms with Crippen LogP contribution in [-0.4, -0.2) is 35.2 Å². The molecule has 2 aromatic heterocycles. The number of H-pyrrole nitrogens is 1.